The highest BCUT2D eigenvalue weighted by Crippen LogP contribution is 2.28. The average molecular weight is 362 g/mol. The van der Waals surface area contributed by atoms with Gasteiger partial charge < -0.3 is 10.1 Å². The predicted octanol–water partition coefficient (Wildman–Crippen LogP) is 4.41. The van der Waals surface area contributed by atoms with Gasteiger partial charge in [0.1, 0.15) is 5.82 Å². The summed E-state index contributed by atoms with van der Waals surface area (Å²) in [6.07, 6.45) is 1.94. The van der Waals surface area contributed by atoms with Gasteiger partial charge in [-0.15, -0.1) is 0 Å². The van der Waals surface area contributed by atoms with Crippen LogP contribution in [0.5, 0.6) is 0 Å². The summed E-state index contributed by atoms with van der Waals surface area (Å²) in [4.78, 5) is 11.9. The van der Waals surface area contributed by atoms with Gasteiger partial charge in [0.05, 0.1) is 12.5 Å². The zero-order valence-electron chi connectivity index (χ0n) is 14.1. The molecule has 0 spiro atoms. The number of benzene rings is 2. The first-order chi connectivity index (χ1) is 12.1. The maximum Gasteiger partial charge on any atom is 0.311 e. The average Bonchev–Trinajstić information content (AvgIpc) is 2.61. The van der Waals surface area contributed by atoms with Crippen LogP contribution < -0.4 is 5.32 Å². The Bertz CT molecular complexity index is 758. The molecule has 0 radical (unpaired) electrons. The molecule has 3 nitrogen and oxygen atoms in total. The van der Waals surface area contributed by atoms with Crippen molar-refractivity contribution in [3.8, 4) is 0 Å². The smallest absolute Gasteiger partial charge is 0.311 e. The fourth-order valence-corrected chi connectivity index (χ4v) is 3.42. The maximum absolute atomic E-state index is 13.9. The standard InChI is InChI=1S/C20H21ClFNO2/c1-2-25-20(24)15-11-14-8-6-13(10-19(14)23-12-15)7-9-16-17(21)4-3-5-18(16)22/h3-6,8,10,15,23H,2,7,9,11-12H2,1H3. The third kappa shape index (κ3) is 4.13. The maximum atomic E-state index is 13.9. The number of anilines is 1. The number of ether oxygens (including phenoxy) is 1. The van der Waals surface area contributed by atoms with E-state index in [0.29, 0.717) is 43.0 Å². The van der Waals surface area contributed by atoms with E-state index in [-0.39, 0.29) is 17.7 Å². The lowest BCUT2D eigenvalue weighted by Crippen LogP contribution is -2.31. The fourth-order valence-electron chi connectivity index (χ4n) is 3.16. The normalized spacial score (nSPS) is 16.0. The Morgan fingerprint density at radius 1 is 1.32 bits per heavy atom. The Morgan fingerprint density at radius 2 is 2.16 bits per heavy atom. The van der Waals surface area contributed by atoms with E-state index in [1.807, 2.05) is 19.1 Å². The van der Waals surface area contributed by atoms with Crippen molar-refractivity contribution >= 4 is 23.3 Å². The number of carbonyl (C=O) groups is 1. The molecule has 0 bridgehead atoms. The van der Waals surface area contributed by atoms with Crippen LogP contribution in [-0.4, -0.2) is 19.1 Å². The number of fused-ring (bicyclic) bond motifs is 1. The van der Waals surface area contributed by atoms with Gasteiger partial charge in [0.25, 0.3) is 0 Å². The molecular formula is C20H21ClFNO2. The largest absolute Gasteiger partial charge is 0.466 e. The van der Waals surface area contributed by atoms with Crippen LogP contribution in [0.1, 0.15) is 23.6 Å². The number of hydrogen-bond donors (Lipinski definition) is 1. The molecule has 132 valence electrons. The van der Waals surface area contributed by atoms with Gasteiger partial charge >= 0.3 is 5.97 Å². The van der Waals surface area contributed by atoms with Crippen molar-refractivity contribution in [2.24, 2.45) is 5.92 Å². The molecule has 2 aromatic rings. The van der Waals surface area contributed by atoms with Gasteiger partial charge in [-0.2, -0.15) is 0 Å². The first kappa shape index (κ1) is 17.7. The summed E-state index contributed by atoms with van der Waals surface area (Å²) in [6.45, 7) is 2.80. The minimum absolute atomic E-state index is 0.143. The second-order valence-corrected chi connectivity index (χ2v) is 6.63. The Labute approximate surface area is 152 Å². The van der Waals surface area contributed by atoms with Crippen molar-refractivity contribution in [2.75, 3.05) is 18.5 Å². The van der Waals surface area contributed by atoms with Crippen LogP contribution in [0.3, 0.4) is 0 Å². The van der Waals surface area contributed by atoms with E-state index in [9.17, 15) is 9.18 Å². The predicted molar refractivity (Wildman–Crippen MR) is 97.6 cm³/mol. The van der Waals surface area contributed by atoms with Crippen LogP contribution in [-0.2, 0) is 28.8 Å². The Hall–Kier alpha value is -2.07. The molecule has 3 rings (SSSR count). The van der Waals surface area contributed by atoms with Gasteiger partial charge in [-0.05, 0) is 55.5 Å². The Morgan fingerprint density at radius 3 is 2.92 bits per heavy atom. The molecule has 1 atom stereocenters. The van der Waals surface area contributed by atoms with E-state index in [2.05, 4.69) is 11.4 Å². The zero-order chi connectivity index (χ0) is 17.8. The van der Waals surface area contributed by atoms with E-state index in [1.54, 1.807) is 12.1 Å². The number of esters is 1. The number of nitrogens with one attached hydrogen (secondary N) is 1. The molecule has 25 heavy (non-hydrogen) atoms. The topological polar surface area (TPSA) is 38.3 Å². The molecule has 1 heterocycles. The molecule has 1 aliphatic rings. The van der Waals surface area contributed by atoms with Crippen LogP contribution >= 0.6 is 11.6 Å². The summed E-state index contributed by atoms with van der Waals surface area (Å²) in [5.74, 6) is -0.560. The second kappa shape index (κ2) is 7.87. The van der Waals surface area contributed by atoms with Crippen molar-refractivity contribution in [1.82, 2.24) is 0 Å². The van der Waals surface area contributed by atoms with E-state index in [4.69, 9.17) is 16.3 Å². The van der Waals surface area contributed by atoms with Crippen LogP contribution in [0, 0.1) is 11.7 Å². The first-order valence-corrected chi connectivity index (χ1v) is 8.91. The van der Waals surface area contributed by atoms with Crippen LogP contribution in [0.25, 0.3) is 0 Å². The molecule has 5 heteroatoms. The second-order valence-electron chi connectivity index (χ2n) is 6.23. The van der Waals surface area contributed by atoms with Gasteiger partial charge in [-0.25, -0.2) is 4.39 Å². The number of rotatable bonds is 5. The van der Waals surface area contributed by atoms with E-state index in [1.165, 1.54) is 6.07 Å². The van der Waals surface area contributed by atoms with Gasteiger partial charge in [0, 0.05) is 22.8 Å². The summed E-state index contributed by atoms with van der Waals surface area (Å²) >= 11 is 6.09. The van der Waals surface area contributed by atoms with E-state index in [0.717, 1.165) is 16.8 Å². The molecule has 1 unspecified atom stereocenters. The Balaban J connectivity index is 1.67. The van der Waals surface area contributed by atoms with E-state index >= 15 is 0 Å². The van der Waals surface area contributed by atoms with Crippen molar-refractivity contribution < 1.29 is 13.9 Å². The third-order valence-corrected chi connectivity index (χ3v) is 4.88. The molecule has 2 aromatic carbocycles. The Kier molecular flexibility index (Phi) is 5.59. The highest BCUT2D eigenvalue weighted by Gasteiger charge is 2.25. The van der Waals surface area contributed by atoms with E-state index < -0.39 is 0 Å². The molecule has 0 aromatic heterocycles. The molecule has 0 aliphatic carbocycles. The molecule has 1 aliphatic heterocycles. The highest BCUT2D eigenvalue weighted by molar-refractivity contribution is 6.31. The molecule has 0 saturated heterocycles. The molecule has 0 fully saturated rings. The monoisotopic (exact) mass is 361 g/mol. The summed E-state index contributed by atoms with van der Waals surface area (Å²) in [5.41, 5.74) is 3.81. The molecule has 0 saturated carbocycles. The third-order valence-electron chi connectivity index (χ3n) is 4.52. The van der Waals surface area contributed by atoms with Gasteiger partial charge in [-0.1, -0.05) is 29.8 Å². The lowest BCUT2D eigenvalue weighted by Gasteiger charge is -2.25. The summed E-state index contributed by atoms with van der Waals surface area (Å²) in [5, 5.41) is 3.78. The van der Waals surface area contributed by atoms with Gasteiger partial charge in [0.15, 0.2) is 0 Å². The zero-order valence-corrected chi connectivity index (χ0v) is 14.9. The van der Waals surface area contributed by atoms with Crippen molar-refractivity contribution in [3.63, 3.8) is 0 Å². The van der Waals surface area contributed by atoms with Crippen molar-refractivity contribution in [2.45, 2.75) is 26.2 Å². The quantitative estimate of drug-likeness (QED) is 0.801. The van der Waals surface area contributed by atoms with Crippen molar-refractivity contribution in [3.05, 3.63) is 63.9 Å². The van der Waals surface area contributed by atoms with Crippen molar-refractivity contribution in [1.29, 1.82) is 0 Å². The minimum Gasteiger partial charge on any atom is -0.466 e. The molecule has 0 amide bonds. The van der Waals surface area contributed by atoms with Crippen LogP contribution in [0.15, 0.2) is 36.4 Å². The minimum atomic E-state index is -0.263. The van der Waals surface area contributed by atoms with Crippen LogP contribution in [0.4, 0.5) is 10.1 Å². The summed E-state index contributed by atoms with van der Waals surface area (Å²) in [7, 11) is 0. The molecular weight excluding hydrogens is 341 g/mol. The van der Waals surface area contributed by atoms with Gasteiger partial charge in [0.2, 0.25) is 0 Å². The number of halogens is 2. The SMILES string of the molecule is CCOC(=O)C1CNc2cc(CCc3c(F)cccc3Cl)ccc2C1. The van der Waals surface area contributed by atoms with Crippen LogP contribution in [0.2, 0.25) is 5.02 Å². The first-order valence-electron chi connectivity index (χ1n) is 8.53. The lowest BCUT2D eigenvalue weighted by molar-refractivity contribution is -0.147. The number of aryl methyl sites for hydroxylation is 1. The number of hydrogen-bond acceptors (Lipinski definition) is 3. The molecule has 1 N–H and O–H groups in total. The number of carbonyl (C=O) groups excluding carboxylic acids is 1. The summed E-state index contributed by atoms with van der Waals surface area (Å²) < 4.78 is 19.0. The highest BCUT2D eigenvalue weighted by atomic mass is 35.5. The fraction of sp³-hybridized carbons (Fsp3) is 0.350. The summed E-state index contributed by atoms with van der Waals surface area (Å²) in [6, 6.07) is 10.9. The van der Waals surface area contributed by atoms with Gasteiger partial charge in [-0.3, -0.25) is 4.79 Å². The lowest BCUT2D eigenvalue weighted by atomic mass is 9.92.